The molecule has 3 aliphatic rings. The van der Waals surface area contributed by atoms with Crippen molar-refractivity contribution in [1.29, 1.82) is 0 Å². The number of piperazine rings is 1. The van der Waals surface area contributed by atoms with Crippen molar-refractivity contribution in [2.45, 2.75) is 57.5 Å². The van der Waals surface area contributed by atoms with E-state index in [1.165, 1.54) is 36.8 Å². The fourth-order valence-electron chi connectivity index (χ4n) is 6.93. The molecule has 5 nitrogen and oxygen atoms in total. The standard InChI is InChI=1S/C30H37N3O2/c1-21(2)23-6-3-4-7-24(23)27-20-32(29(34)26-8-5-9-28-25(26)10-17-35-28)15-16-33(27)22-18-30(19-22)11-13-31-14-12-30/h3-10,17,21-22,27,31H,11-16,18-20H2,1-2H3. The topological polar surface area (TPSA) is 48.7 Å². The van der Waals surface area contributed by atoms with Gasteiger partial charge in [0.2, 0.25) is 0 Å². The number of benzene rings is 2. The number of amides is 1. The van der Waals surface area contributed by atoms with Gasteiger partial charge in [-0.3, -0.25) is 9.69 Å². The lowest BCUT2D eigenvalue weighted by molar-refractivity contribution is -0.0601. The molecule has 3 aromatic rings. The van der Waals surface area contributed by atoms with Crippen LogP contribution in [-0.4, -0.2) is 54.5 Å². The van der Waals surface area contributed by atoms with Gasteiger partial charge in [0.25, 0.3) is 5.91 Å². The van der Waals surface area contributed by atoms with Crippen LogP contribution in [-0.2, 0) is 0 Å². The quantitative estimate of drug-likeness (QED) is 0.539. The Bertz CT molecular complexity index is 1200. The molecule has 184 valence electrons. The Kier molecular flexibility index (Phi) is 5.93. The van der Waals surface area contributed by atoms with Crippen molar-refractivity contribution in [3.63, 3.8) is 0 Å². The second kappa shape index (κ2) is 9.11. The van der Waals surface area contributed by atoms with E-state index >= 15 is 0 Å². The molecule has 1 atom stereocenters. The van der Waals surface area contributed by atoms with Gasteiger partial charge in [-0.1, -0.05) is 44.2 Å². The van der Waals surface area contributed by atoms with Crippen LogP contribution in [0.25, 0.3) is 11.0 Å². The summed E-state index contributed by atoms with van der Waals surface area (Å²) < 4.78 is 5.57. The summed E-state index contributed by atoms with van der Waals surface area (Å²) in [5.74, 6) is 0.572. The highest BCUT2D eigenvalue weighted by molar-refractivity contribution is 6.06. The van der Waals surface area contributed by atoms with Crippen LogP contribution in [0, 0.1) is 5.41 Å². The van der Waals surface area contributed by atoms with Crippen LogP contribution >= 0.6 is 0 Å². The second-order valence-corrected chi connectivity index (χ2v) is 11.2. The maximum atomic E-state index is 13.8. The first-order chi connectivity index (χ1) is 17.0. The van der Waals surface area contributed by atoms with E-state index in [1.807, 2.05) is 24.3 Å². The zero-order chi connectivity index (χ0) is 24.0. The second-order valence-electron chi connectivity index (χ2n) is 11.2. The predicted octanol–water partition coefficient (Wildman–Crippen LogP) is 5.59. The van der Waals surface area contributed by atoms with Crippen LogP contribution in [0.3, 0.4) is 0 Å². The van der Waals surface area contributed by atoms with Crippen molar-refractivity contribution in [2.24, 2.45) is 5.41 Å². The summed E-state index contributed by atoms with van der Waals surface area (Å²) >= 11 is 0. The Morgan fingerprint density at radius 3 is 2.63 bits per heavy atom. The van der Waals surface area contributed by atoms with Crippen molar-refractivity contribution < 1.29 is 9.21 Å². The van der Waals surface area contributed by atoms with Crippen LogP contribution in [0.5, 0.6) is 0 Å². The van der Waals surface area contributed by atoms with Crippen LogP contribution < -0.4 is 5.32 Å². The molecule has 2 saturated heterocycles. The lowest BCUT2D eigenvalue weighted by atomic mass is 9.60. The van der Waals surface area contributed by atoms with Crippen molar-refractivity contribution in [3.05, 3.63) is 71.5 Å². The van der Waals surface area contributed by atoms with Gasteiger partial charge in [-0.25, -0.2) is 0 Å². The summed E-state index contributed by atoms with van der Waals surface area (Å²) in [5.41, 5.74) is 4.87. The minimum Gasteiger partial charge on any atom is -0.464 e. The summed E-state index contributed by atoms with van der Waals surface area (Å²) in [6, 6.07) is 17.5. The van der Waals surface area contributed by atoms with Crippen LogP contribution in [0.1, 0.15) is 73.0 Å². The molecule has 1 N–H and O–H groups in total. The molecular formula is C30H37N3O2. The first-order valence-electron chi connectivity index (χ1n) is 13.4. The lowest BCUT2D eigenvalue weighted by Crippen LogP contribution is -2.60. The molecule has 0 bridgehead atoms. The Morgan fingerprint density at radius 2 is 1.83 bits per heavy atom. The fourth-order valence-corrected chi connectivity index (χ4v) is 6.93. The highest BCUT2D eigenvalue weighted by Gasteiger charge is 2.49. The Hall–Kier alpha value is -2.63. The van der Waals surface area contributed by atoms with E-state index in [4.69, 9.17) is 4.42 Å². The highest BCUT2D eigenvalue weighted by atomic mass is 16.3. The van der Waals surface area contributed by atoms with Gasteiger partial charge < -0.3 is 14.6 Å². The van der Waals surface area contributed by atoms with Gasteiger partial charge in [0.1, 0.15) is 5.58 Å². The van der Waals surface area contributed by atoms with E-state index < -0.39 is 0 Å². The van der Waals surface area contributed by atoms with Gasteiger partial charge in [0.15, 0.2) is 0 Å². The van der Waals surface area contributed by atoms with E-state index in [9.17, 15) is 4.79 Å². The van der Waals surface area contributed by atoms with Gasteiger partial charge in [0, 0.05) is 31.1 Å². The van der Waals surface area contributed by atoms with E-state index in [-0.39, 0.29) is 11.9 Å². The summed E-state index contributed by atoms with van der Waals surface area (Å²) in [4.78, 5) is 18.6. The molecule has 5 heteroatoms. The number of nitrogens with zero attached hydrogens (tertiary/aromatic N) is 2. The summed E-state index contributed by atoms with van der Waals surface area (Å²) in [6.07, 6.45) is 6.90. The highest BCUT2D eigenvalue weighted by Crippen LogP contribution is 2.52. The van der Waals surface area contributed by atoms with Gasteiger partial charge in [-0.2, -0.15) is 0 Å². The van der Waals surface area contributed by atoms with Crippen molar-refractivity contribution in [1.82, 2.24) is 15.1 Å². The molecule has 1 unspecified atom stereocenters. The maximum Gasteiger partial charge on any atom is 0.254 e. The molecule has 1 spiro atoms. The molecule has 3 heterocycles. The van der Waals surface area contributed by atoms with E-state index in [2.05, 4.69) is 53.2 Å². The third-order valence-electron chi connectivity index (χ3n) is 8.88. The number of fused-ring (bicyclic) bond motifs is 1. The number of furan rings is 1. The van der Waals surface area contributed by atoms with Crippen molar-refractivity contribution in [3.8, 4) is 0 Å². The molecule has 3 fully saturated rings. The van der Waals surface area contributed by atoms with Crippen LogP contribution in [0.2, 0.25) is 0 Å². The Balaban J connectivity index is 1.30. The minimum atomic E-state index is 0.118. The number of carbonyl (C=O) groups is 1. The van der Waals surface area contributed by atoms with Crippen molar-refractivity contribution >= 4 is 16.9 Å². The maximum absolute atomic E-state index is 13.8. The average molecular weight is 472 g/mol. The number of hydrogen-bond acceptors (Lipinski definition) is 4. The average Bonchev–Trinajstić information content (AvgIpc) is 3.36. The van der Waals surface area contributed by atoms with Gasteiger partial charge in [0.05, 0.1) is 17.9 Å². The first-order valence-corrected chi connectivity index (χ1v) is 13.4. The SMILES string of the molecule is CC(C)c1ccccc1C1CN(C(=O)c2cccc3occc23)CCN1C1CC2(CCNCC2)C1. The molecular weight excluding hydrogens is 434 g/mol. The normalized spacial score (nSPS) is 23.2. The molecule has 35 heavy (non-hydrogen) atoms. The summed E-state index contributed by atoms with van der Waals surface area (Å²) in [7, 11) is 0. The Labute approximate surface area is 208 Å². The lowest BCUT2D eigenvalue weighted by Gasteiger charge is -2.57. The zero-order valence-corrected chi connectivity index (χ0v) is 21.0. The molecule has 1 aliphatic carbocycles. The first kappa shape index (κ1) is 22.8. The van der Waals surface area contributed by atoms with E-state index in [0.29, 0.717) is 17.4 Å². The minimum absolute atomic E-state index is 0.118. The zero-order valence-electron chi connectivity index (χ0n) is 21.0. The number of hydrogen-bond donors (Lipinski definition) is 1. The monoisotopic (exact) mass is 471 g/mol. The largest absolute Gasteiger partial charge is 0.464 e. The molecule has 2 aromatic carbocycles. The van der Waals surface area contributed by atoms with Gasteiger partial charge in [-0.05, 0) is 79.4 Å². The molecule has 1 saturated carbocycles. The van der Waals surface area contributed by atoms with Gasteiger partial charge in [-0.15, -0.1) is 0 Å². The third kappa shape index (κ3) is 4.09. The van der Waals surface area contributed by atoms with Crippen LogP contribution in [0.15, 0.2) is 59.2 Å². The number of nitrogens with one attached hydrogen (secondary N) is 1. The third-order valence-corrected chi connectivity index (χ3v) is 8.88. The number of carbonyl (C=O) groups excluding carboxylic acids is 1. The van der Waals surface area contributed by atoms with Crippen molar-refractivity contribution in [2.75, 3.05) is 32.7 Å². The van der Waals surface area contributed by atoms with Gasteiger partial charge >= 0.3 is 0 Å². The molecule has 2 aliphatic heterocycles. The summed E-state index contributed by atoms with van der Waals surface area (Å²) in [5, 5.41) is 4.45. The molecule has 1 amide bonds. The number of rotatable bonds is 4. The molecule has 6 rings (SSSR count). The molecule has 0 radical (unpaired) electrons. The summed E-state index contributed by atoms with van der Waals surface area (Å²) in [6.45, 7) is 9.33. The van der Waals surface area contributed by atoms with Crippen LogP contribution in [0.4, 0.5) is 0 Å². The smallest absolute Gasteiger partial charge is 0.254 e. The Morgan fingerprint density at radius 1 is 1.03 bits per heavy atom. The molecule has 1 aromatic heterocycles. The van der Waals surface area contributed by atoms with E-state index in [0.717, 1.165) is 49.3 Å². The van der Waals surface area contributed by atoms with E-state index in [1.54, 1.807) is 6.26 Å². The predicted molar refractivity (Wildman–Crippen MR) is 140 cm³/mol. The fraction of sp³-hybridized carbons (Fsp3) is 0.500. The number of piperidine rings is 1.